The van der Waals surface area contributed by atoms with Crippen molar-refractivity contribution in [3.05, 3.63) is 34.3 Å². The standard InChI is InChI=1S/C14H15N3OS3/c1-9(12(18)15-10-7-8-10)20-13-16-17(14(19)21-13)11-5-3-2-4-6-11/h2-6,9-10H,7-8H2,1H3,(H,15,18). The van der Waals surface area contributed by atoms with Crippen molar-refractivity contribution >= 4 is 41.2 Å². The van der Waals surface area contributed by atoms with Crippen LogP contribution in [0.2, 0.25) is 0 Å². The summed E-state index contributed by atoms with van der Waals surface area (Å²) in [5.41, 5.74) is 0.945. The van der Waals surface area contributed by atoms with Crippen molar-refractivity contribution in [1.82, 2.24) is 15.1 Å². The van der Waals surface area contributed by atoms with Gasteiger partial charge in [-0.05, 0) is 44.1 Å². The van der Waals surface area contributed by atoms with Crippen LogP contribution in [0.5, 0.6) is 0 Å². The quantitative estimate of drug-likeness (QED) is 0.671. The Morgan fingerprint density at radius 1 is 1.48 bits per heavy atom. The Labute approximate surface area is 136 Å². The van der Waals surface area contributed by atoms with Gasteiger partial charge in [0.2, 0.25) is 5.91 Å². The zero-order valence-electron chi connectivity index (χ0n) is 11.5. The molecule has 1 fully saturated rings. The highest BCUT2D eigenvalue weighted by Crippen LogP contribution is 2.28. The highest BCUT2D eigenvalue weighted by Gasteiger charge is 2.26. The fourth-order valence-electron chi connectivity index (χ4n) is 1.79. The Morgan fingerprint density at radius 2 is 2.19 bits per heavy atom. The molecule has 110 valence electrons. The fourth-order valence-corrected chi connectivity index (χ4v) is 4.31. The first-order chi connectivity index (χ1) is 10.1. The lowest BCUT2D eigenvalue weighted by atomic mass is 10.3. The highest BCUT2D eigenvalue weighted by molar-refractivity contribution is 8.02. The van der Waals surface area contributed by atoms with Gasteiger partial charge in [0.15, 0.2) is 8.29 Å². The van der Waals surface area contributed by atoms with Crippen molar-refractivity contribution < 1.29 is 4.79 Å². The minimum absolute atomic E-state index is 0.0786. The monoisotopic (exact) mass is 337 g/mol. The van der Waals surface area contributed by atoms with Crippen LogP contribution in [0.25, 0.3) is 5.69 Å². The van der Waals surface area contributed by atoms with Gasteiger partial charge in [0.1, 0.15) is 0 Å². The van der Waals surface area contributed by atoms with Gasteiger partial charge in [0, 0.05) is 6.04 Å². The maximum absolute atomic E-state index is 12.0. The van der Waals surface area contributed by atoms with E-state index < -0.39 is 0 Å². The second kappa shape index (κ2) is 6.29. The molecule has 0 spiro atoms. The third-order valence-electron chi connectivity index (χ3n) is 3.10. The van der Waals surface area contributed by atoms with Crippen LogP contribution in [0.3, 0.4) is 0 Å². The number of rotatable bonds is 5. The Balaban J connectivity index is 1.72. The molecule has 1 atom stereocenters. The Morgan fingerprint density at radius 3 is 2.86 bits per heavy atom. The molecule has 1 N–H and O–H groups in total. The molecule has 1 unspecified atom stereocenters. The van der Waals surface area contributed by atoms with Crippen LogP contribution in [-0.2, 0) is 4.79 Å². The molecule has 1 aliphatic rings. The van der Waals surface area contributed by atoms with Crippen LogP contribution < -0.4 is 5.32 Å². The van der Waals surface area contributed by atoms with Crippen molar-refractivity contribution in [3.8, 4) is 5.69 Å². The topological polar surface area (TPSA) is 46.9 Å². The van der Waals surface area contributed by atoms with Gasteiger partial charge in [-0.25, -0.2) is 4.68 Å². The molecule has 3 rings (SSSR count). The van der Waals surface area contributed by atoms with E-state index in [4.69, 9.17) is 12.2 Å². The number of hydrogen-bond acceptors (Lipinski definition) is 5. The molecular formula is C14H15N3OS3. The van der Waals surface area contributed by atoms with Crippen molar-refractivity contribution in [3.63, 3.8) is 0 Å². The first-order valence-electron chi connectivity index (χ1n) is 6.76. The lowest BCUT2D eigenvalue weighted by Crippen LogP contribution is -2.32. The summed E-state index contributed by atoms with van der Waals surface area (Å²) in [7, 11) is 0. The summed E-state index contributed by atoms with van der Waals surface area (Å²) in [6.07, 6.45) is 2.20. The zero-order chi connectivity index (χ0) is 14.8. The number of nitrogens with zero attached hydrogens (tertiary/aromatic N) is 2. The molecule has 1 aromatic carbocycles. The zero-order valence-corrected chi connectivity index (χ0v) is 13.9. The van der Waals surface area contributed by atoms with E-state index in [1.807, 2.05) is 37.3 Å². The molecule has 1 heterocycles. The fraction of sp³-hybridized carbons (Fsp3) is 0.357. The first kappa shape index (κ1) is 14.7. The van der Waals surface area contributed by atoms with Crippen LogP contribution in [0.1, 0.15) is 19.8 Å². The van der Waals surface area contributed by atoms with Crippen molar-refractivity contribution in [2.45, 2.75) is 35.4 Å². The van der Waals surface area contributed by atoms with E-state index in [-0.39, 0.29) is 11.2 Å². The smallest absolute Gasteiger partial charge is 0.233 e. The van der Waals surface area contributed by atoms with Crippen LogP contribution in [0.4, 0.5) is 0 Å². The number of benzene rings is 1. The molecule has 7 heteroatoms. The molecule has 1 saturated carbocycles. The molecule has 0 bridgehead atoms. The molecule has 21 heavy (non-hydrogen) atoms. The maximum atomic E-state index is 12.0. The Hall–Kier alpha value is -1.18. The van der Waals surface area contributed by atoms with E-state index in [1.54, 1.807) is 4.68 Å². The van der Waals surface area contributed by atoms with Gasteiger partial charge in [-0.3, -0.25) is 4.79 Å². The van der Waals surface area contributed by atoms with Crippen molar-refractivity contribution in [2.75, 3.05) is 0 Å². The number of carbonyl (C=O) groups is 1. The van der Waals surface area contributed by atoms with E-state index >= 15 is 0 Å². The number of hydrogen-bond donors (Lipinski definition) is 1. The van der Waals surface area contributed by atoms with E-state index in [0.29, 0.717) is 10.00 Å². The summed E-state index contributed by atoms with van der Waals surface area (Å²) in [6, 6.07) is 10.2. The number of para-hydroxylation sites is 1. The molecule has 1 aromatic heterocycles. The first-order valence-corrected chi connectivity index (χ1v) is 8.86. The van der Waals surface area contributed by atoms with E-state index in [0.717, 1.165) is 22.9 Å². The SMILES string of the molecule is CC(Sc1nn(-c2ccccc2)c(=S)s1)C(=O)NC1CC1. The predicted molar refractivity (Wildman–Crippen MR) is 88.8 cm³/mol. The number of aromatic nitrogens is 2. The van der Waals surface area contributed by atoms with E-state index in [2.05, 4.69) is 10.4 Å². The lowest BCUT2D eigenvalue weighted by Gasteiger charge is -2.08. The van der Waals surface area contributed by atoms with Crippen LogP contribution in [0, 0.1) is 3.95 Å². The number of carbonyl (C=O) groups excluding carboxylic acids is 1. The van der Waals surface area contributed by atoms with Crippen LogP contribution >= 0.6 is 35.3 Å². The molecule has 1 amide bonds. The molecule has 0 aliphatic heterocycles. The third-order valence-corrected chi connectivity index (χ3v) is 5.52. The highest BCUT2D eigenvalue weighted by atomic mass is 32.2. The summed E-state index contributed by atoms with van der Waals surface area (Å²) >= 11 is 8.26. The summed E-state index contributed by atoms with van der Waals surface area (Å²) < 4.78 is 3.26. The average molecular weight is 337 g/mol. The molecular weight excluding hydrogens is 322 g/mol. The van der Waals surface area contributed by atoms with Gasteiger partial charge in [-0.1, -0.05) is 41.3 Å². The Bertz CT molecular complexity index is 691. The van der Waals surface area contributed by atoms with Gasteiger partial charge in [-0.2, -0.15) is 0 Å². The minimum atomic E-state index is -0.157. The number of nitrogens with one attached hydrogen (secondary N) is 1. The molecule has 4 nitrogen and oxygen atoms in total. The molecule has 1 aliphatic carbocycles. The summed E-state index contributed by atoms with van der Waals surface area (Å²) in [5.74, 6) is 0.0786. The van der Waals surface area contributed by atoms with Gasteiger partial charge >= 0.3 is 0 Å². The number of amides is 1. The predicted octanol–water partition coefficient (Wildman–Crippen LogP) is 3.42. The third kappa shape index (κ3) is 3.72. The largest absolute Gasteiger partial charge is 0.352 e. The Kier molecular flexibility index (Phi) is 4.42. The molecule has 0 saturated heterocycles. The van der Waals surface area contributed by atoms with Gasteiger partial charge in [-0.15, -0.1) is 5.10 Å². The van der Waals surface area contributed by atoms with E-state index in [1.165, 1.54) is 23.1 Å². The van der Waals surface area contributed by atoms with Crippen LogP contribution in [-0.4, -0.2) is 27.0 Å². The second-order valence-corrected chi connectivity index (χ2v) is 8.13. The normalized spacial score (nSPS) is 15.7. The van der Waals surface area contributed by atoms with Crippen LogP contribution in [0.15, 0.2) is 34.7 Å². The summed E-state index contributed by atoms with van der Waals surface area (Å²) in [4.78, 5) is 12.0. The van der Waals surface area contributed by atoms with Gasteiger partial charge in [0.25, 0.3) is 0 Å². The average Bonchev–Trinajstić information content (AvgIpc) is 3.22. The van der Waals surface area contributed by atoms with Crippen molar-refractivity contribution in [2.24, 2.45) is 0 Å². The van der Waals surface area contributed by atoms with Gasteiger partial charge in [0.05, 0.1) is 10.9 Å². The minimum Gasteiger partial charge on any atom is -0.352 e. The van der Waals surface area contributed by atoms with Gasteiger partial charge < -0.3 is 5.32 Å². The molecule has 2 aromatic rings. The van der Waals surface area contributed by atoms with Crippen molar-refractivity contribution in [1.29, 1.82) is 0 Å². The molecule has 0 radical (unpaired) electrons. The lowest BCUT2D eigenvalue weighted by molar-refractivity contribution is -0.120. The van der Waals surface area contributed by atoms with E-state index in [9.17, 15) is 4.79 Å². The number of thioether (sulfide) groups is 1. The second-order valence-electron chi connectivity index (χ2n) is 4.92. The summed E-state index contributed by atoms with van der Waals surface area (Å²) in [5, 5.41) is 7.37. The maximum Gasteiger partial charge on any atom is 0.233 e. The summed E-state index contributed by atoms with van der Waals surface area (Å²) in [6.45, 7) is 1.90.